The minimum atomic E-state index is -3.42. The van der Waals surface area contributed by atoms with Crippen molar-refractivity contribution in [2.75, 3.05) is 39.9 Å². The highest BCUT2D eigenvalue weighted by molar-refractivity contribution is 7.88. The molecule has 1 saturated heterocycles. The van der Waals surface area contributed by atoms with E-state index in [4.69, 9.17) is 9.47 Å². The first-order valence-corrected chi connectivity index (χ1v) is 11.8. The Balaban J connectivity index is 1.52. The molecule has 0 radical (unpaired) electrons. The molecule has 3 rings (SSSR count). The number of carbonyl (C=O) groups is 1. The first-order valence-electron chi connectivity index (χ1n) is 10.2. The number of allylic oxidation sites excluding steroid dienone is 1. The van der Waals surface area contributed by atoms with Crippen molar-refractivity contribution in [3.05, 3.63) is 65.7 Å². The van der Waals surface area contributed by atoms with Crippen LogP contribution in [0.4, 0.5) is 0 Å². The lowest BCUT2D eigenvalue weighted by Crippen LogP contribution is -2.51. The van der Waals surface area contributed by atoms with Gasteiger partial charge in [0.05, 0.1) is 12.9 Å². The van der Waals surface area contributed by atoms with Crippen molar-refractivity contribution in [1.82, 2.24) is 9.21 Å². The molecule has 0 N–H and O–H groups in total. The summed E-state index contributed by atoms with van der Waals surface area (Å²) in [5, 5.41) is 0. The quantitative estimate of drug-likeness (QED) is 0.626. The van der Waals surface area contributed by atoms with Gasteiger partial charge in [-0.3, -0.25) is 4.79 Å². The number of methoxy groups -OCH3 is 1. The molecule has 0 atom stereocenters. The number of carbonyl (C=O) groups excluding carboxylic acids is 1. The van der Waals surface area contributed by atoms with Crippen LogP contribution in [-0.2, 0) is 20.6 Å². The van der Waals surface area contributed by atoms with E-state index in [9.17, 15) is 13.2 Å². The third-order valence-corrected chi connectivity index (χ3v) is 6.92. The minimum absolute atomic E-state index is 0.0338. The minimum Gasteiger partial charge on any atom is -0.493 e. The van der Waals surface area contributed by atoms with Gasteiger partial charge in [-0.15, -0.1) is 0 Å². The SMILES string of the molecule is C/C=C/c1ccc(OCC(=O)N2CCN(S(=O)(=O)Cc3ccccc3)CC2)c(OC)c1. The number of rotatable bonds is 8. The lowest BCUT2D eigenvalue weighted by molar-refractivity contribution is -0.134. The molecule has 166 valence electrons. The molecular formula is C23H28N2O5S. The standard InChI is InChI=1S/C23H28N2O5S/c1-3-7-19-10-11-21(22(16-19)29-2)30-17-23(26)24-12-14-25(15-13-24)31(27,28)18-20-8-5-4-6-9-20/h3-11,16H,12-15,17-18H2,1-2H3/b7-3+. The fraction of sp³-hybridized carbons (Fsp3) is 0.348. The molecule has 1 aliphatic rings. The fourth-order valence-electron chi connectivity index (χ4n) is 3.42. The van der Waals surface area contributed by atoms with Crippen molar-refractivity contribution >= 4 is 22.0 Å². The molecule has 7 nitrogen and oxygen atoms in total. The van der Waals surface area contributed by atoms with Gasteiger partial charge in [0.1, 0.15) is 0 Å². The zero-order valence-corrected chi connectivity index (χ0v) is 18.7. The van der Waals surface area contributed by atoms with Crippen molar-refractivity contribution in [3.8, 4) is 11.5 Å². The maximum absolute atomic E-state index is 12.7. The van der Waals surface area contributed by atoms with Crippen LogP contribution in [0, 0.1) is 0 Å². The summed E-state index contributed by atoms with van der Waals surface area (Å²) in [5.74, 6) is 0.835. The second kappa shape index (κ2) is 10.5. The highest BCUT2D eigenvalue weighted by Gasteiger charge is 2.29. The van der Waals surface area contributed by atoms with E-state index < -0.39 is 10.0 Å². The van der Waals surface area contributed by atoms with Gasteiger partial charge in [-0.2, -0.15) is 4.31 Å². The second-order valence-electron chi connectivity index (χ2n) is 7.22. The van der Waals surface area contributed by atoms with Crippen LogP contribution in [-0.4, -0.2) is 63.4 Å². The van der Waals surface area contributed by atoms with E-state index in [0.29, 0.717) is 24.6 Å². The third kappa shape index (κ3) is 6.08. The molecule has 1 aliphatic heterocycles. The summed E-state index contributed by atoms with van der Waals surface area (Å²) < 4.78 is 37.8. The first-order chi connectivity index (χ1) is 14.9. The van der Waals surface area contributed by atoms with Crippen molar-refractivity contribution in [2.24, 2.45) is 0 Å². The maximum Gasteiger partial charge on any atom is 0.260 e. The number of sulfonamides is 1. The molecule has 0 spiro atoms. The Morgan fingerprint density at radius 1 is 1.03 bits per heavy atom. The molecule has 0 aromatic heterocycles. The largest absolute Gasteiger partial charge is 0.493 e. The molecule has 2 aromatic carbocycles. The molecule has 0 bridgehead atoms. The Kier molecular flexibility index (Phi) is 7.70. The van der Waals surface area contributed by atoms with Crippen molar-refractivity contribution in [2.45, 2.75) is 12.7 Å². The zero-order valence-electron chi connectivity index (χ0n) is 17.9. The number of nitrogens with zero attached hydrogens (tertiary/aromatic N) is 2. The van der Waals surface area contributed by atoms with Crippen molar-refractivity contribution < 1.29 is 22.7 Å². The van der Waals surface area contributed by atoms with Gasteiger partial charge in [-0.05, 0) is 30.2 Å². The van der Waals surface area contributed by atoms with Crippen LogP contribution >= 0.6 is 0 Å². The van der Waals surface area contributed by atoms with Crippen molar-refractivity contribution in [3.63, 3.8) is 0 Å². The zero-order chi connectivity index (χ0) is 22.3. The van der Waals surface area contributed by atoms with E-state index >= 15 is 0 Å². The first kappa shape index (κ1) is 22.8. The summed E-state index contributed by atoms with van der Waals surface area (Å²) in [6.07, 6.45) is 3.88. The van der Waals surface area contributed by atoms with E-state index in [1.165, 1.54) is 4.31 Å². The van der Waals surface area contributed by atoms with Crippen LogP contribution < -0.4 is 9.47 Å². The maximum atomic E-state index is 12.7. The van der Waals surface area contributed by atoms with Gasteiger partial charge in [0.25, 0.3) is 5.91 Å². The average Bonchev–Trinajstić information content (AvgIpc) is 2.78. The molecule has 0 unspecified atom stereocenters. The monoisotopic (exact) mass is 444 g/mol. The number of ether oxygens (including phenoxy) is 2. The van der Waals surface area contributed by atoms with Crippen molar-refractivity contribution in [1.29, 1.82) is 0 Å². The van der Waals surface area contributed by atoms with Gasteiger partial charge >= 0.3 is 0 Å². The van der Waals surface area contributed by atoms with Gasteiger partial charge in [0.15, 0.2) is 18.1 Å². The van der Waals surface area contributed by atoms with Crippen LogP contribution in [0.25, 0.3) is 6.08 Å². The van der Waals surface area contributed by atoms with E-state index in [2.05, 4.69) is 0 Å². The fourth-order valence-corrected chi connectivity index (χ4v) is 4.94. The molecule has 1 amide bonds. The van der Waals surface area contributed by atoms with E-state index in [1.807, 2.05) is 49.4 Å². The summed E-state index contributed by atoms with van der Waals surface area (Å²) in [4.78, 5) is 14.2. The Labute approximate surface area is 183 Å². The molecule has 2 aromatic rings. The predicted octanol–water partition coefficient (Wildman–Crippen LogP) is 2.78. The lowest BCUT2D eigenvalue weighted by Gasteiger charge is -2.34. The Morgan fingerprint density at radius 3 is 2.39 bits per heavy atom. The predicted molar refractivity (Wildman–Crippen MR) is 120 cm³/mol. The van der Waals surface area contributed by atoms with Gasteiger partial charge < -0.3 is 14.4 Å². The van der Waals surface area contributed by atoms with Gasteiger partial charge in [0, 0.05) is 26.2 Å². The van der Waals surface area contributed by atoms with Crippen LogP contribution in [0.3, 0.4) is 0 Å². The summed E-state index contributed by atoms with van der Waals surface area (Å²) in [6.45, 7) is 3.05. The van der Waals surface area contributed by atoms with Crippen LogP contribution in [0.2, 0.25) is 0 Å². The molecule has 1 fully saturated rings. The summed E-state index contributed by atoms with van der Waals surface area (Å²) >= 11 is 0. The Hall–Kier alpha value is -2.84. The number of hydrogen-bond donors (Lipinski definition) is 0. The van der Waals surface area contributed by atoms with E-state index in [-0.39, 0.29) is 31.4 Å². The van der Waals surface area contributed by atoms with Gasteiger partial charge in [-0.25, -0.2) is 8.42 Å². The third-order valence-electron chi connectivity index (χ3n) is 5.07. The highest BCUT2D eigenvalue weighted by atomic mass is 32.2. The van der Waals surface area contributed by atoms with Crippen LogP contribution in [0.5, 0.6) is 11.5 Å². The normalized spacial score (nSPS) is 15.2. The molecule has 0 aliphatic carbocycles. The van der Waals surface area contributed by atoms with E-state index in [0.717, 1.165) is 11.1 Å². The number of hydrogen-bond acceptors (Lipinski definition) is 5. The summed E-state index contributed by atoms with van der Waals surface area (Å²) in [6, 6.07) is 14.6. The average molecular weight is 445 g/mol. The van der Waals surface area contributed by atoms with Crippen LogP contribution in [0.1, 0.15) is 18.1 Å². The Morgan fingerprint density at radius 2 is 1.74 bits per heavy atom. The second-order valence-corrected chi connectivity index (χ2v) is 9.19. The summed E-state index contributed by atoms with van der Waals surface area (Å²) in [7, 11) is -1.86. The van der Waals surface area contributed by atoms with Gasteiger partial charge in [0.2, 0.25) is 10.0 Å². The molecule has 1 heterocycles. The molecule has 31 heavy (non-hydrogen) atoms. The summed E-state index contributed by atoms with van der Waals surface area (Å²) in [5.41, 5.74) is 1.73. The number of piperazine rings is 1. The molecule has 8 heteroatoms. The Bertz CT molecular complexity index is 1010. The lowest BCUT2D eigenvalue weighted by atomic mass is 10.2. The highest BCUT2D eigenvalue weighted by Crippen LogP contribution is 2.28. The smallest absolute Gasteiger partial charge is 0.260 e. The number of benzene rings is 2. The molecule has 0 saturated carbocycles. The number of amides is 1. The molecular weight excluding hydrogens is 416 g/mol. The van der Waals surface area contributed by atoms with Gasteiger partial charge in [-0.1, -0.05) is 48.6 Å². The van der Waals surface area contributed by atoms with E-state index in [1.54, 1.807) is 30.2 Å². The topological polar surface area (TPSA) is 76.2 Å². The van der Waals surface area contributed by atoms with Crippen LogP contribution in [0.15, 0.2) is 54.6 Å².